The predicted octanol–water partition coefficient (Wildman–Crippen LogP) is 16.3. The SMILES string of the molecule is CCCCP(CCCC)CCCC.CCCCP(CCCC)CCCC.CCCCP(CCCC)CCCC.[Br][Co][Br]. The summed E-state index contributed by atoms with van der Waals surface area (Å²) in [6.45, 7) is 20.8. The van der Waals surface area contributed by atoms with Gasteiger partial charge in [-0.15, -0.1) is 23.8 Å². The van der Waals surface area contributed by atoms with Crippen LogP contribution in [0.3, 0.4) is 0 Å². The molecule has 0 rings (SSSR count). The average molecular weight is 826 g/mol. The van der Waals surface area contributed by atoms with Gasteiger partial charge in [0.05, 0.1) is 0 Å². The van der Waals surface area contributed by atoms with Gasteiger partial charge in [0.25, 0.3) is 0 Å². The van der Waals surface area contributed by atoms with E-state index in [2.05, 4.69) is 90.6 Å². The van der Waals surface area contributed by atoms with Crippen molar-refractivity contribution >= 4 is 52.1 Å². The van der Waals surface area contributed by atoms with E-state index < -0.39 is 0 Å². The quantitative estimate of drug-likeness (QED) is 0.0724. The van der Waals surface area contributed by atoms with Crippen molar-refractivity contribution in [1.29, 1.82) is 0 Å². The fourth-order valence-corrected chi connectivity index (χ4v) is 13.3. The van der Waals surface area contributed by atoms with Gasteiger partial charge in [-0.25, -0.2) is 0 Å². The monoisotopic (exact) mass is 823 g/mol. The van der Waals surface area contributed by atoms with E-state index in [0.717, 1.165) is 11.1 Å². The van der Waals surface area contributed by atoms with Crippen LogP contribution in [0.15, 0.2) is 0 Å². The Morgan fingerprint density at radius 2 is 0.381 bits per heavy atom. The Morgan fingerprint density at radius 1 is 0.286 bits per heavy atom. The summed E-state index contributed by atoms with van der Waals surface area (Å²) in [4.78, 5) is 0. The van der Waals surface area contributed by atoms with Crippen LogP contribution in [0.1, 0.15) is 178 Å². The maximum absolute atomic E-state index is 3.03. The Hall–Kier alpha value is 2.76. The summed E-state index contributed by atoms with van der Waals surface area (Å²) in [7, 11) is 1.27. The molecule has 0 aliphatic rings. The molecule has 0 atom stereocenters. The maximum atomic E-state index is 3.03. The van der Waals surface area contributed by atoms with Gasteiger partial charge in [0.15, 0.2) is 0 Å². The summed E-state index contributed by atoms with van der Waals surface area (Å²) in [5.74, 6) is 0. The first-order valence-electron chi connectivity index (χ1n) is 18.5. The molecular weight excluding hydrogens is 744 g/mol. The van der Waals surface area contributed by atoms with Crippen LogP contribution in [-0.2, 0) is 11.1 Å². The van der Waals surface area contributed by atoms with Crippen LogP contribution in [0, 0.1) is 0 Å². The van der Waals surface area contributed by atoms with Crippen LogP contribution in [0.4, 0.5) is 0 Å². The number of hydrogen-bond donors (Lipinski definition) is 0. The van der Waals surface area contributed by atoms with Crippen LogP contribution in [0.25, 0.3) is 0 Å². The Bertz CT molecular complexity index is 305. The Kier molecular flexibility index (Phi) is 62.2. The third-order valence-electron chi connectivity index (χ3n) is 7.45. The molecule has 0 bridgehead atoms. The summed E-state index contributed by atoms with van der Waals surface area (Å²) in [5.41, 5.74) is 0. The molecule has 0 aromatic heterocycles. The average Bonchev–Trinajstić information content (AvgIpc) is 3.01. The fraction of sp³-hybridized carbons (Fsp3) is 1.00. The van der Waals surface area contributed by atoms with Crippen molar-refractivity contribution < 1.29 is 11.1 Å². The molecule has 0 unspecified atom stereocenters. The normalized spacial score (nSPS) is 10.8. The van der Waals surface area contributed by atoms with E-state index in [1.165, 1.54) is 116 Å². The van der Waals surface area contributed by atoms with Gasteiger partial charge in [-0.05, 0) is 113 Å². The molecule has 0 fully saturated rings. The second kappa shape index (κ2) is 50.6. The molecule has 0 spiro atoms. The van der Waals surface area contributed by atoms with Gasteiger partial charge in [0, 0.05) is 0 Å². The molecule has 0 nitrogen and oxygen atoms in total. The first-order chi connectivity index (χ1) is 20.5. The van der Waals surface area contributed by atoms with E-state index in [4.69, 9.17) is 0 Å². The molecule has 0 saturated carbocycles. The molecule has 0 radical (unpaired) electrons. The summed E-state index contributed by atoms with van der Waals surface area (Å²) in [5, 5.41) is 0. The van der Waals surface area contributed by atoms with Gasteiger partial charge in [-0.1, -0.05) is 120 Å². The summed E-state index contributed by atoms with van der Waals surface area (Å²) in [6, 6.07) is 0. The van der Waals surface area contributed by atoms with Crippen molar-refractivity contribution in [3.05, 3.63) is 0 Å². The second-order valence-electron chi connectivity index (χ2n) is 11.8. The van der Waals surface area contributed by atoms with Crippen LogP contribution in [-0.4, -0.2) is 55.5 Å². The van der Waals surface area contributed by atoms with E-state index >= 15 is 0 Å². The number of hydrogen-bond acceptors (Lipinski definition) is 0. The summed E-state index contributed by atoms with van der Waals surface area (Å²) < 4.78 is 0. The van der Waals surface area contributed by atoms with Crippen molar-refractivity contribution in [2.45, 2.75) is 178 Å². The zero-order valence-corrected chi connectivity index (χ0v) is 37.4. The number of unbranched alkanes of at least 4 members (excludes halogenated alkanes) is 9. The number of rotatable bonds is 27. The van der Waals surface area contributed by atoms with Crippen LogP contribution in [0.2, 0.25) is 0 Å². The van der Waals surface area contributed by atoms with E-state index in [1.54, 1.807) is 55.5 Å². The molecule has 263 valence electrons. The molecule has 6 heteroatoms. The first-order valence-corrected chi connectivity index (χ1v) is 29.3. The van der Waals surface area contributed by atoms with Gasteiger partial charge < -0.3 is 0 Å². The zero-order chi connectivity index (χ0) is 32.5. The standard InChI is InChI=1S/3C12H27P.2BrH.Co/c3*1-4-7-10-13(11-8-5-2)12-9-6-3;;;/h3*4-12H2,1-3H3;2*1H;/q;;;;;+2/p-2. The molecule has 0 aliphatic carbocycles. The number of halogens is 2. The fourth-order valence-electron chi connectivity index (χ4n) is 4.44. The van der Waals surface area contributed by atoms with Crippen molar-refractivity contribution in [3.63, 3.8) is 0 Å². The van der Waals surface area contributed by atoms with E-state index in [9.17, 15) is 0 Å². The second-order valence-corrected chi connectivity index (χ2v) is 25.1. The van der Waals surface area contributed by atoms with Crippen LogP contribution >= 0.6 is 52.1 Å². The van der Waals surface area contributed by atoms with Gasteiger partial charge in [0.1, 0.15) is 0 Å². The van der Waals surface area contributed by atoms with Crippen molar-refractivity contribution in [2.75, 3.05) is 55.5 Å². The minimum atomic E-state index is 0.422. The van der Waals surface area contributed by atoms with E-state index in [1.807, 2.05) is 0 Å². The molecule has 0 aromatic rings. The summed E-state index contributed by atoms with van der Waals surface area (Å²) >= 11 is 7.12. The van der Waals surface area contributed by atoms with Crippen molar-refractivity contribution in [2.24, 2.45) is 0 Å². The Labute approximate surface area is 294 Å². The van der Waals surface area contributed by atoms with Gasteiger partial charge in [-0.3, -0.25) is 0 Å². The third kappa shape index (κ3) is 49.6. The Morgan fingerprint density at radius 3 is 0.452 bits per heavy atom. The third-order valence-corrected chi connectivity index (χ3v) is 16.0. The molecule has 0 aliphatic heterocycles. The molecular formula is C36H81Br2CoP3. The molecule has 42 heavy (non-hydrogen) atoms. The summed E-state index contributed by atoms with van der Waals surface area (Å²) in [6.07, 6.45) is 39.6. The molecule has 0 aromatic carbocycles. The van der Waals surface area contributed by atoms with E-state index in [-0.39, 0.29) is 0 Å². The topological polar surface area (TPSA) is 0 Å². The predicted molar refractivity (Wildman–Crippen MR) is 217 cm³/mol. The van der Waals surface area contributed by atoms with E-state index in [0.29, 0.717) is 23.8 Å². The molecule has 0 N–H and O–H groups in total. The van der Waals surface area contributed by atoms with Gasteiger partial charge in [-0.2, -0.15) is 0 Å². The minimum absolute atomic E-state index is 0.422. The van der Waals surface area contributed by atoms with Gasteiger partial charge >= 0.3 is 39.5 Å². The molecule has 0 amide bonds. The van der Waals surface area contributed by atoms with Crippen LogP contribution < -0.4 is 0 Å². The van der Waals surface area contributed by atoms with Crippen LogP contribution in [0.5, 0.6) is 0 Å². The van der Waals surface area contributed by atoms with Crippen molar-refractivity contribution in [1.82, 2.24) is 0 Å². The zero-order valence-electron chi connectivity index (χ0n) is 30.5. The van der Waals surface area contributed by atoms with Gasteiger partial charge in [0.2, 0.25) is 0 Å². The van der Waals surface area contributed by atoms with Crippen molar-refractivity contribution in [3.8, 4) is 0 Å². The first kappa shape index (κ1) is 51.6. The Balaban J connectivity index is -0.000000246. The molecule has 0 heterocycles. The molecule has 0 saturated heterocycles.